The highest BCUT2D eigenvalue weighted by Gasteiger charge is 2.24. The fourth-order valence-corrected chi connectivity index (χ4v) is 4.25. The van der Waals surface area contributed by atoms with Crippen LogP contribution in [0.4, 0.5) is 17.1 Å². The molecule has 1 amide bonds. The quantitative estimate of drug-likeness (QED) is 0.638. The molecule has 0 bridgehead atoms. The van der Waals surface area contributed by atoms with E-state index in [0.29, 0.717) is 24.3 Å². The Morgan fingerprint density at radius 3 is 2.42 bits per heavy atom. The summed E-state index contributed by atoms with van der Waals surface area (Å²) in [5.41, 5.74) is 0.841. The summed E-state index contributed by atoms with van der Waals surface area (Å²) in [6.45, 7) is 2.05. The zero-order chi connectivity index (χ0) is 18.9. The SMILES string of the molecule is Cc1c([N+](=O)[O-])cccc1S(=O)(=O)Nc1ccc(N2CCCC2=O)cc1. The average Bonchev–Trinajstić information content (AvgIpc) is 3.01. The van der Waals surface area contributed by atoms with E-state index in [0.717, 1.165) is 6.42 Å². The van der Waals surface area contributed by atoms with Gasteiger partial charge in [-0.25, -0.2) is 8.42 Å². The van der Waals surface area contributed by atoms with Crippen LogP contribution in [-0.4, -0.2) is 25.8 Å². The van der Waals surface area contributed by atoms with Gasteiger partial charge in [-0.15, -0.1) is 0 Å². The van der Waals surface area contributed by atoms with Crippen LogP contribution in [0, 0.1) is 17.0 Å². The molecule has 3 rings (SSSR count). The molecule has 26 heavy (non-hydrogen) atoms. The van der Waals surface area contributed by atoms with E-state index in [1.807, 2.05) is 0 Å². The molecule has 0 spiro atoms. The van der Waals surface area contributed by atoms with Gasteiger partial charge in [-0.1, -0.05) is 6.07 Å². The molecule has 0 aromatic heterocycles. The summed E-state index contributed by atoms with van der Waals surface area (Å²) in [6, 6.07) is 10.4. The van der Waals surface area contributed by atoms with Crippen molar-refractivity contribution >= 4 is 33.0 Å². The van der Waals surface area contributed by atoms with Crippen molar-refractivity contribution in [2.75, 3.05) is 16.2 Å². The molecule has 136 valence electrons. The smallest absolute Gasteiger partial charge is 0.273 e. The molecule has 0 radical (unpaired) electrons. The lowest BCUT2D eigenvalue weighted by molar-refractivity contribution is -0.385. The second-order valence-corrected chi connectivity index (χ2v) is 7.61. The first-order chi connectivity index (χ1) is 12.3. The van der Waals surface area contributed by atoms with Gasteiger partial charge in [-0.2, -0.15) is 0 Å². The van der Waals surface area contributed by atoms with Crippen molar-refractivity contribution in [1.29, 1.82) is 0 Å². The number of nitrogens with zero attached hydrogens (tertiary/aromatic N) is 2. The minimum atomic E-state index is -3.98. The molecule has 1 aliphatic rings. The molecule has 0 aliphatic carbocycles. The zero-order valence-electron chi connectivity index (χ0n) is 14.0. The second-order valence-electron chi connectivity index (χ2n) is 5.96. The molecule has 2 aromatic carbocycles. The van der Waals surface area contributed by atoms with Crippen LogP contribution in [0.3, 0.4) is 0 Å². The summed E-state index contributed by atoms with van der Waals surface area (Å²) in [6.07, 6.45) is 1.32. The van der Waals surface area contributed by atoms with E-state index in [9.17, 15) is 23.3 Å². The van der Waals surface area contributed by atoms with Crippen molar-refractivity contribution in [3.63, 3.8) is 0 Å². The third-order valence-electron chi connectivity index (χ3n) is 4.25. The molecule has 1 N–H and O–H groups in total. The fourth-order valence-electron chi connectivity index (χ4n) is 2.93. The van der Waals surface area contributed by atoms with Crippen LogP contribution in [0.25, 0.3) is 0 Å². The first-order valence-electron chi connectivity index (χ1n) is 7.97. The monoisotopic (exact) mass is 375 g/mol. The maximum Gasteiger partial charge on any atom is 0.273 e. The van der Waals surface area contributed by atoms with E-state index in [4.69, 9.17) is 0 Å². The van der Waals surface area contributed by atoms with E-state index >= 15 is 0 Å². The predicted octanol–water partition coefficient (Wildman–Crippen LogP) is 2.83. The lowest BCUT2D eigenvalue weighted by atomic mass is 10.2. The molecule has 8 nitrogen and oxygen atoms in total. The number of nitro benzene ring substituents is 1. The first kappa shape index (κ1) is 17.9. The van der Waals surface area contributed by atoms with Crippen LogP contribution in [0.15, 0.2) is 47.4 Å². The molecule has 1 heterocycles. The third-order valence-corrected chi connectivity index (χ3v) is 5.77. The Morgan fingerprint density at radius 1 is 1.15 bits per heavy atom. The number of sulfonamides is 1. The molecule has 0 unspecified atom stereocenters. The van der Waals surface area contributed by atoms with Gasteiger partial charge in [0, 0.05) is 36.0 Å². The number of nitro groups is 1. The van der Waals surface area contributed by atoms with Gasteiger partial charge in [0.2, 0.25) is 5.91 Å². The Balaban J connectivity index is 1.85. The highest BCUT2D eigenvalue weighted by atomic mass is 32.2. The number of hydrogen-bond acceptors (Lipinski definition) is 5. The summed E-state index contributed by atoms with van der Waals surface area (Å²) in [5.74, 6) is 0.0468. The highest BCUT2D eigenvalue weighted by molar-refractivity contribution is 7.92. The van der Waals surface area contributed by atoms with Gasteiger partial charge >= 0.3 is 0 Å². The van der Waals surface area contributed by atoms with Crippen LogP contribution in [0.2, 0.25) is 0 Å². The highest BCUT2D eigenvalue weighted by Crippen LogP contribution is 2.28. The van der Waals surface area contributed by atoms with Crippen LogP contribution in [0.1, 0.15) is 18.4 Å². The molecule has 0 atom stereocenters. The molecule has 1 fully saturated rings. The molecule has 1 aliphatic heterocycles. The van der Waals surface area contributed by atoms with E-state index < -0.39 is 14.9 Å². The Morgan fingerprint density at radius 2 is 1.85 bits per heavy atom. The molecular formula is C17H17N3O5S. The van der Waals surface area contributed by atoms with Crippen molar-refractivity contribution < 1.29 is 18.1 Å². The first-order valence-corrected chi connectivity index (χ1v) is 9.45. The third kappa shape index (κ3) is 3.38. The molecule has 1 saturated heterocycles. The Bertz CT molecular complexity index is 970. The summed E-state index contributed by atoms with van der Waals surface area (Å²) >= 11 is 0. The van der Waals surface area contributed by atoms with Crippen LogP contribution < -0.4 is 9.62 Å². The van der Waals surface area contributed by atoms with E-state index in [1.54, 1.807) is 29.2 Å². The summed E-state index contributed by atoms with van der Waals surface area (Å²) in [4.78, 5) is 23.7. The number of carbonyl (C=O) groups excluding carboxylic acids is 1. The fraction of sp³-hybridized carbons (Fsp3) is 0.235. The number of amides is 1. The molecule has 9 heteroatoms. The van der Waals surface area contributed by atoms with Crippen LogP contribution in [-0.2, 0) is 14.8 Å². The van der Waals surface area contributed by atoms with Crippen molar-refractivity contribution in [1.82, 2.24) is 0 Å². The maximum absolute atomic E-state index is 12.6. The van der Waals surface area contributed by atoms with Gasteiger partial charge in [-0.3, -0.25) is 19.6 Å². The zero-order valence-corrected chi connectivity index (χ0v) is 14.8. The number of rotatable bonds is 5. The minimum Gasteiger partial charge on any atom is -0.312 e. The van der Waals surface area contributed by atoms with Crippen molar-refractivity contribution in [3.8, 4) is 0 Å². The minimum absolute atomic E-state index is 0.0468. The van der Waals surface area contributed by atoms with Gasteiger partial charge in [-0.05, 0) is 43.7 Å². The predicted molar refractivity (Wildman–Crippen MR) is 96.7 cm³/mol. The lowest BCUT2D eigenvalue weighted by Crippen LogP contribution is -2.23. The van der Waals surface area contributed by atoms with E-state index in [-0.39, 0.29) is 22.1 Å². The maximum atomic E-state index is 12.6. The van der Waals surface area contributed by atoms with Gasteiger partial charge in [0.15, 0.2) is 0 Å². The van der Waals surface area contributed by atoms with Crippen molar-refractivity contribution in [3.05, 3.63) is 58.1 Å². The summed E-state index contributed by atoms with van der Waals surface area (Å²) < 4.78 is 27.6. The largest absolute Gasteiger partial charge is 0.312 e. The Hall–Kier alpha value is -2.94. The number of benzene rings is 2. The number of hydrogen-bond donors (Lipinski definition) is 1. The summed E-state index contributed by atoms with van der Waals surface area (Å²) in [5, 5.41) is 11.0. The summed E-state index contributed by atoms with van der Waals surface area (Å²) in [7, 11) is -3.98. The van der Waals surface area contributed by atoms with Gasteiger partial charge in [0.1, 0.15) is 0 Å². The number of carbonyl (C=O) groups is 1. The van der Waals surface area contributed by atoms with Crippen LogP contribution >= 0.6 is 0 Å². The van der Waals surface area contributed by atoms with E-state index in [1.165, 1.54) is 25.1 Å². The van der Waals surface area contributed by atoms with Crippen molar-refractivity contribution in [2.45, 2.75) is 24.7 Å². The second kappa shape index (κ2) is 6.75. The molecule has 2 aromatic rings. The Kier molecular flexibility index (Phi) is 4.64. The standard InChI is InChI=1S/C17H17N3O5S/c1-12-15(20(22)23)4-2-5-16(12)26(24,25)18-13-7-9-14(10-8-13)19-11-3-6-17(19)21/h2,4-5,7-10,18H,3,6,11H2,1H3. The van der Waals surface area contributed by atoms with Crippen molar-refractivity contribution in [2.24, 2.45) is 0 Å². The van der Waals surface area contributed by atoms with Gasteiger partial charge in [0.05, 0.1) is 9.82 Å². The normalized spacial score (nSPS) is 14.5. The van der Waals surface area contributed by atoms with Gasteiger partial charge < -0.3 is 4.90 Å². The number of anilines is 2. The van der Waals surface area contributed by atoms with E-state index in [2.05, 4.69) is 4.72 Å². The van der Waals surface area contributed by atoms with Crippen LogP contribution in [0.5, 0.6) is 0 Å². The molecule has 0 saturated carbocycles. The topological polar surface area (TPSA) is 110 Å². The lowest BCUT2D eigenvalue weighted by Gasteiger charge is -2.16. The molecular weight excluding hydrogens is 358 g/mol. The number of nitrogens with one attached hydrogen (secondary N) is 1. The van der Waals surface area contributed by atoms with Gasteiger partial charge in [0.25, 0.3) is 15.7 Å². The Labute approximate surface area is 150 Å². The average molecular weight is 375 g/mol.